The molecule has 2 aromatic rings. The molecule has 0 spiro atoms. The Morgan fingerprint density at radius 1 is 1.24 bits per heavy atom. The van der Waals surface area contributed by atoms with Crippen molar-refractivity contribution in [2.45, 2.75) is 27.0 Å². The predicted molar refractivity (Wildman–Crippen MR) is 80.8 cm³/mol. The second kappa shape index (κ2) is 6.26. The number of rotatable bonds is 4. The number of anilines is 1. The van der Waals surface area contributed by atoms with Gasteiger partial charge in [-0.05, 0) is 31.0 Å². The molecule has 0 saturated carbocycles. The zero-order chi connectivity index (χ0) is 15.4. The van der Waals surface area contributed by atoms with E-state index in [1.54, 1.807) is 0 Å². The Balaban J connectivity index is 2.01. The van der Waals surface area contributed by atoms with Crippen LogP contribution in [0, 0.1) is 13.8 Å². The third kappa shape index (κ3) is 3.95. The van der Waals surface area contributed by atoms with Gasteiger partial charge in [0.05, 0.1) is 0 Å². The van der Waals surface area contributed by atoms with Crippen molar-refractivity contribution >= 4 is 11.7 Å². The van der Waals surface area contributed by atoms with Crippen LogP contribution < -0.4 is 11.3 Å². The van der Waals surface area contributed by atoms with Gasteiger partial charge in [0.25, 0.3) is 5.56 Å². The predicted octanol–water partition coefficient (Wildman–Crippen LogP) is 1.79. The largest absolute Gasteiger partial charge is 0.459 e. The summed E-state index contributed by atoms with van der Waals surface area (Å²) in [5.74, 6) is -0.469. The summed E-state index contributed by atoms with van der Waals surface area (Å²) in [5.41, 5.74) is 8.87. The Bertz CT molecular complexity index is 720. The summed E-state index contributed by atoms with van der Waals surface area (Å²) in [6.45, 7) is 4.00. The standard InChI is InChI=1S/C16H18N2O3/c1-11-3-4-12(2)13(7-11)10-21-16(20)9-18-8-14(17)5-6-15(18)19/h3-8H,9-10,17H2,1-2H3. The number of aromatic nitrogens is 1. The molecule has 0 saturated heterocycles. The zero-order valence-corrected chi connectivity index (χ0v) is 12.1. The van der Waals surface area contributed by atoms with E-state index in [2.05, 4.69) is 0 Å². The summed E-state index contributed by atoms with van der Waals surface area (Å²) in [6.07, 6.45) is 1.43. The first kappa shape index (κ1) is 14.8. The molecule has 0 radical (unpaired) electrons. The van der Waals surface area contributed by atoms with Crippen LogP contribution in [0.3, 0.4) is 0 Å². The molecule has 0 amide bonds. The Morgan fingerprint density at radius 3 is 2.76 bits per heavy atom. The molecular formula is C16H18N2O3. The van der Waals surface area contributed by atoms with Gasteiger partial charge in [0, 0.05) is 18.0 Å². The molecule has 5 nitrogen and oxygen atoms in total. The van der Waals surface area contributed by atoms with E-state index in [4.69, 9.17) is 10.5 Å². The van der Waals surface area contributed by atoms with Gasteiger partial charge in [-0.3, -0.25) is 9.59 Å². The fraction of sp³-hybridized carbons (Fsp3) is 0.250. The van der Waals surface area contributed by atoms with Gasteiger partial charge in [-0.1, -0.05) is 23.8 Å². The van der Waals surface area contributed by atoms with E-state index >= 15 is 0 Å². The van der Waals surface area contributed by atoms with E-state index in [0.717, 1.165) is 16.7 Å². The maximum Gasteiger partial charge on any atom is 0.326 e. The van der Waals surface area contributed by atoms with Crippen LogP contribution in [-0.2, 0) is 22.7 Å². The summed E-state index contributed by atoms with van der Waals surface area (Å²) in [7, 11) is 0. The number of pyridine rings is 1. The molecule has 0 aliphatic carbocycles. The Labute approximate surface area is 123 Å². The average Bonchev–Trinajstić information content (AvgIpc) is 2.44. The zero-order valence-electron chi connectivity index (χ0n) is 12.1. The summed E-state index contributed by atoms with van der Waals surface area (Å²) in [5, 5.41) is 0. The van der Waals surface area contributed by atoms with E-state index in [9.17, 15) is 9.59 Å². The fourth-order valence-electron chi connectivity index (χ4n) is 1.97. The molecule has 1 aromatic heterocycles. The van der Waals surface area contributed by atoms with Gasteiger partial charge in [-0.2, -0.15) is 0 Å². The van der Waals surface area contributed by atoms with Crippen molar-refractivity contribution in [1.82, 2.24) is 4.57 Å². The normalized spacial score (nSPS) is 10.4. The smallest absolute Gasteiger partial charge is 0.326 e. The van der Waals surface area contributed by atoms with Gasteiger partial charge in [0.1, 0.15) is 13.2 Å². The minimum Gasteiger partial charge on any atom is -0.459 e. The lowest BCUT2D eigenvalue weighted by atomic mass is 10.1. The highest BCUT2D eigenvalue weighted by Crippen LogP contribution is 2.12. The van der Waals surface area contributed by atoms with Crippen LogP contribution >= 0.6 is 0 Å². The van der Waals surface area contributed by atoms with Crippen molar-refractivity contribution in [1.29, 1.82) is 0 Å². The van der Waals surface area contributed by atoms with E-state index in [1.807, 2.05) is 32.0 Å². The van der Waals surface area contributed by atoms with Crippen LogP contribution in [0.25, 0.3) is 0 Å². The molecule has 0 atom stereocenters. The number of carbonyl (C=O) groups is 1. The quantitative estimate of drug-likeness (QED) is 0.870. The van der Waals surface area contributed by atoms with Crippen molar-refractivity contribution in [2.75, 3.05) is 5.73 Å². The Kier molecular flexibility index (Phi) is 4.42. The molecule has 0 unspecified atom stereocenters. The molecular weight excluding hydrogens is 268 g/mol. The lowest BCUT2D eigenvalue weighted by Gasteiger charge is -2.10. The highest BCUT2D eigenvalue weighted by Gasteiger charge is 2.08. The number of ether oxygens (including phenoxy) is 1. The highest BCUT2D eigenvalue weighted by atomic mass is 16.5. The topological polar surface area (TPSA) is 74.3 Å². The number of hydrogen-bond acceptors (Lipinski definition) is 4. The maximum atomic E-state index is 11.8. The number of esters is 1. The van der Waals surface area contributed by atoms with Crippen molar-refractivity contribution < 1.29 is 9.53 Å². The second-order valence-electron chi connectivity index (χ2n) is 5.02. The first-order valence-corrected chi connectivity index (χ1v) is 6.63. The molecule has 2 N–H and O–H groups in total. The minimum atomic E-state index is -0.469. The Morgan fingerprint density at radius 2 is 2.00 bits per heavy atom. The third-order valence-electron chi connectivity index (χ3n) is 3.20. The number of nitrogens with zero attached hydrogens (tertiary/aromatic N) is 1. The van der Waals surface area contributed by atoms with E-state index < -0.39 is 5.97 Å². The highest BCUT2D eigenvalue weighted by molar-refractivity contribution is 5.69. The molecule has 21 heavy (non-hydrogen) atoms. The van der Waals surface area contributed by atoms with E-state index in [0.29, 0.717) is 5.69 Å². The molecule has 110 valence electrons. The van der Waals surface area contributed by atoms with Gasteiger partial charge in [0.15, 0.2) is 0 Å². The summed E-state index contributed by atoms with van der Waals surface area (Å²) in [4.78, 5) is 23.4. The number of hydrogen-bond donors (Lipinski definition) is 1. The molecule has 0 bridgehead atoms. The van der Waals surface area contributed by atoms with Crippen molar-refractivity contribution in [3.63, 3.8) is 0 Å². The van der Waals surface area contributed by atoms with Crippen LogP contribution in [0.15, 0.2) is 41.3 Å². The number of carbonyl (C=O) groups excluding carboxylic acids is 1. The molecule has 1 heterocycles. The molecule has 0 fully saturated rings. The van der Waals surface area contributed by atoms with Crippen LogP contribution in [0.2, 0.25) is 0 Å². The molecule has 1 aromatic carbocycles. The second-order valence-corrected chi connectivity index (χ2v) is 5.02. The van der Waals surface area contributed by atoms with Gasteiger partial charge in [-0.15, -0.1) is 0 Å². The first-order chi connectivity index (χ1) is 9.95. The minimum absolute atomic E-state index is 0.144. The van der Waals surface area contributed by atoms with Crippen LogP contribution in [0.4, 0.5) is 5.69 Å². The van der Waals surface area contributed by atoms with Crippen molar-refractivity contribution in [3.05, 3.63) is 63.6 Å². The third-order valence-corrected chi connectivity index (χ3v) is 3.20. The lowest BCUT2D eigenvalue weighted by Crippen LogP contribution is -2.24. The fourth-order valence-corrected chi connectivity index (χ4v) is 1.97. The summed E-state index contributed by atoms with van der Waals surface area (Å²) in [6, 6.07) is 8.80. The number of nitrogens with two attached hydrogens (primary N) is 1. The molecule has 0 aliphatic rings. The lowest BCUT2D eigenvalue weighted by molar-refractivity contribution is -0.145. The summed E-state index contributed by atoms with van der Waals surface area (Å²) < 4.78 is 6.46. The van der Waals surface area contributed by atoms with Gasteiger partial charge in [-0.25, -0.2) is 0 Å². The van der Waals surface area contributed by atoms with Gasteiger partial charge < -0.3 is 15.0 Å². The van der Waals surface area contributed by atoms with Gasteiger partial charge in [0.2, 0.25) is 0 Å². The summed E-state index contributed by atoms with van der Waals surface area (Å²) >= 11 is 0. The van der Waals surface area contributed by atoms with E-state index in [-0.39, 0.29) is 18.7 Å². The van der Waals surface area contributed by atoms with Crippen LogP contribution in [0.1, 0.15) is 16.7 Å². The molecule has 0 aliphatic heterocycles. The number of aryl methyl sites for hydroxylation is 2. The number of benzene rings is 1. The SMILES string of the molecule is Cc1ccc(C)c(COC(=O)Cn2cc(N)ccc2=O)c1. The first-order valence-electron chi connectivity index (χ1n) is 6.63. The van der Waals surface area contributed by atoms with Gasteiger partial charge >= 0.3 is 5.97 Å². The van der Waals surface area contributed by atoms with Crippen LogP contribution in [-0.4, -0.2) is 10.5 Å². The number of nitrogen functional groups attached to an aromatic ring is 1. The average molecular weight is 286 g/mol. The molecule has 2 rings (SSSR count). The Hall–Kier alpha value is -2.56. The van der Waals surface area contributed by atoms with Crippen molar-refractivity contribution in [3.8, 4) is 0 Å². The molecule has 5 heteroatoms. The van der Waals surface area contributed by atoms with Crippen LogP contribution in [0.5, 0.6) is 0 Å². The van der Waals surface area contributed by atoms with E-state index in [1.165, 1.54) is 22.9 Å². The van der Waals surface area contributed by atoms with Crippen molar-refractivity contribution in [2.24, 2.45) is 0 Å². The maximum absolute atomic E-state index is 11.8. The monoisotopic (exact) mass is 286 g/mol.